The lowest BCUT2D eigenvalue weighted by Gasteiger charge is -2.41. The molecule has 0 spiro atoms. The number of nitrogens with one attached hydrogen (secondary N) is 1. The van der Waals surface area contributed by atoms with Gasteiger partial charge in [-0.2, -0.15) is 18.4 Å². The van der Waals surface area contributed by atoms with Crippen molar-refractivity contribution in [1.82, 2.24) is 4.98 Å². The number of alkyl halides is 3. The fourth-order valence-electron chi connectivity index (χ4n) is 4.46. The third-order valence-electron chi connectivity index (χ3n) is 6.36. The van der Waals surface area contributed by atoms with Crippen LogP contribution in [0.25, 0.3) is 10.9 Å². The molecular formula is C25H27F3N2O2. The summed E-state index contributed by atoms with van der Waals surface area (Å²) in [5.74, 6) is -1.44. The topological polar surface area (TPSA) is 80.0 Å². The summed E-state index contributed by atoms with van der Waals surface area (Å²) in [5, 5.41) is 31.3. The van der Waals surface area contributed by atoms with E-state index in [2.05, 4.69) is 4.98 Å². The van der Waals surface area contributed by atoms with Crippen LogP contribution in [-0.4, -0.2) is 27.0 Å². The van der Waals surface area contributed by atoms with Gasteiger partial charge in [0.15, 0.2) is 5.60 Å². The minimum absolute atomic E-state index is 0.108. The first-order valence-corrected chi connectivity index (χ1v) is 10.3. The fourth-order valence-corrected chi connectivity index (χ4v) is 4.46. The van der Waals surface area contributed by atoms with Crippen molar-refractivity contribution in [2.24, 2.45) is 0 Å². The molecule has 0 aliphatic carbocycles. The number of hydrogen-bond acceptors (Lipinski definition) is 3. The maximum atomic E-state index is 14.4. The van der Waals surface area contributed by atoms with E-state index in [9.17, 15) is 28.6 Å². The van der Waals surface area contributed by atoms with E-state index in [0.29, 0.717) is 22.0 Å². The lowest BCUT2D eigenvalue weighted by atomic mass is 9.69. The van der Waals surface area contributed by atoms with Crippen molar-refractivity contribution in [3.05, 3.63) is 64.3 Å². The Bertz CT molecular complexity index is 1200. The van der Waals surface area contributed by atoms with Crippen LogP contribution in [0.5, 0.6) is 5.75 Å². The maximum absolute atomic E-state index is 14.4. The molecule has 3 aromatic rings. The molecule has 1 heterocycles. The van der Waals surface area contributed by atoms with Crippen molar-refractivity contribution in [2.75, 3.05) is 0 Å². The highest BCUT2D eigenvalue weighted by molar-refractivity contribution is 5.85. The van der Waals surface area contributed by atoms with Crippen molar-refractivity contribution in [3.63, 3.8) is 0 Å². The zero-order chi connectivity index (χ0) is 24.1. The second-order valence-corrected chi connectivity index (χ2v) is 9.32. The number of nitriles is 1. The molecular weight excluding hydrogens is 417 g/mol. The Morgan fingerprint density at radius 3 is 2.34 bits per heavy atom. The minimum atomic E-state index is -4.92. The van der Waals surface area contributed by atoms with Crippen LogP contribution in [0, 0.1) is 25.2 Å². The van der Waals surface area contributed by atoms with Gasteiger partial charge in [-0.3, -0.25) is 0 Å². The molecule has 0 amide bonds. The first-order chi connectivity index (χ1) is 14.7. The Hall–Kier alpha value is -2.98. The van der Waals surface area contributed by atoms with Crippen molar-refractivity contribution in [1.29, 1.82) is 5.26 Å². The summed E-state index contributed by atoms with van der Waals surface area (Å²) < 4.78 is 43.1. The van der Waals surface area contributed by atoms with Crippen molar-refractivity contribution >= 4 is 10.9 Å². The number of aromatic nitrogens is 1. The normalized spacial score (nSPS) is 15.4. The lowest BCUT2D eigenvalue weighted by molar-refractivity contribution is -0.274. The van der Waals surface area contributed by atoms with Gasteiger partial charge in [0.05, 0.1) is 11.6 Å². The molecule has 0 fully saturated rings. The Morgan fingerprint density at radius 1 is 1.09 bits per heavy atom. The Kier molecular flexibility index (Phi) is 5.82. The summed E-state index contributed by atoms with van der Waals surface area (Å²) in [7, 11) is 0. The summed E-state index contributed by atoms with van der Waals surface area (Å²) in [4.78, 5) is 2.97. The summed E-state index contributed by atoms with van der Waals surface area (Å²) in [6, 6.07) is 11.7. The van der Waals surface area contributed by atoms with E-state index in [0.717, 1.165) is 11.1 Å². The number of aromatic hydroxyl groups is 1. The van der Waals surface area contributed by atoms with Crippen molar-refractivity contribution in [2.45, 2.75) is 64.1 Å². The van der Waals surface area contributed by atoms with Gasteiger partial charge >= 0.3 is 6.18 Å². The number of hydrogen-bond donors (Lipinski definition) is 3. The van der Waals surface area contributed by atoms with Crippen LogP contribution < -0.4 is 0 Å². The summed E-state index contributed by atoms with van der Waals surface area (Å²) >= 11 is 0. The largest absolute Gasteiger partial charge is 0.508 e. The number of aliphatic hydroxyl groups is 1. The molecule has 0 saturated heterocycles. The number of fused-ring (bicyclic) bond motifs is 1. The van der Waals surface area contributed by atoms with Gasteiger partial charge in [0.25, 0.3) is 0 Å². The third kappa shape index (κ3) is 4.07. The molecule has 0 aliphatic rings. The SMILES string of the molecule is Cc1ccc(O)c(C(C)(C)CC(O)(C(C)c2cc3c(C)cc(C#N)cc3[nH]2)C(F)(F)F)c1. The highest BCUT2D eigenvalue weighted by Crippen LogP contribution is 2.49. The number of H-pyrrole nitrogens is 1. The molecule has 0 radical (unpaired) electrons. The van der Waals surface area contributed by atoms with Gasteiger partial charge in [0.1, 0.15) is 5.75 Å². The first kappa shape index (κ1) is 23.7. The number of nitrogens with zero attached hydrogens (tertiary/aromatic N) is 1. The zero-order valence-electron chi connectivity index (χ0n) is 18.7. The lowest BCUT2D eigenvalue weighted by Crippen LogP contribution is -2.52. The molecule has 1 aromatic heterocycles. The Morgan fingerprint density at radius 2 is 1.75 bits per heavy atom. The van der Waals surface area contributed by atoms with E-state index >= 15 is 0 Å². The predicted molar refractivity (Wildman–Crippen MR) is 118 cm³/mol. The van der Waals surface area contributed by atoms with Crippen LogP contribution in [0.2, 0.25) is 0 Å². The second kappa shape index (κ2) is 7.86. The molecule has 0 saturated carbocycles. The number of benzene rings is 2. The molecule has 2 atom stereocenters. The molecule has 2 unspecified atom stereocenters. The molecule has 0 bridgehead atoms. The number of halogens is 3. The number of rotatable bonds is 5. The fraction of sp³-hybridized carbons (Fsp3) is 0.400. The smallest absolute Gasteiger partial charge is 0.417 e. The van der Waals surface area contributed by atoms with E-state index in [1.807, 2.05) is 6.07 Å². The van der Waals surface area contributed by atoms with E-state index in [1.54, 1.807) is 58.0 Å². The van der Waals surface area contributed by atoms with E-state index in [1.165, 1.54) is 13.0 Å². The van der Waals surface area contributed by atoms with Crippen LogP contribution >= 0.6 is 0 Å². The van der Waals surface area contributed by atoms with Gasteiger partial charge in [-0.05, 0) is 61.1 Å². The van der Waals surface area contributed by atoms with Crippen LogP contribution in [-0.2, 0) is 5.41 Å². The summed E-state index contributed by atoms with van der Waals surface area (Å²) in [6.45, 7) is 8.08. The highest BCUT2D eigenvalue weighted by Gasteiger charge is 2.59. The van der Waals surface area contributed by atoms with Crippen LogP contribution in [0.4, 0.5) is 13.2 Å². The van der Waals surface area contributed by atoms with Gasteiger partial charge < -0.3 is 15.2 Å². The molecule has 2 aromatic carbocycles. The molecule has 4 nitrogen and oxygen atoms in total. The van der Waals surface area contributed by atoms with Gasteiger partial charge in [0.2, 0.25) is 0 Å². The number of phenols is 1. The first-order valence-electron chi connectivity index (χ1n) is 10.3. The quantitative estimate of drug-likeness (QED) is 0.443. The molecule has 170 valence electrons. The molecule has 3 rings (SSSR count). The van der Waals surface area contributed by atoms with Crippen molar-refractivity contribution in [3.8, 4) is 11.8 Å². The number of phenolic OH excluding ortho intramolecular Hbond substituents is 1. The monoisotopic (exact) mass is 444 g/mol. The summed E-state index contributed by atoms with van der Waals surface area (Å²) in [6.07, 6.45) is -5.58. The van der Waals surface area contributed by atoms with E-state index < -0.39 is 29.5 Å². The van der Waals surface area contributed by atoms with Gasteiger partial charge in [-0.25, -0.2) is 0 Å². The third-order valence-corrected chi connectivity index (χ3v) is 6.36. The van der Waals surface area contributed by atoms with Crippen LogP contribution in [0.3, 0.4) is 0 Å². The molecule has 3 N–H and O–H groups in total. The predicted octanol–water partition coefficient (Wildman–Crippen LogP) is 6.13. The second-order valence-electron chi connectivity index (χ2n) is 9.32. The van der Waals surface area contributed by atoms with E-state index in [4.69, 9.17) is 0 Å². The number of aryl methyl sites for hydroxylation is 2. The molecule has 7 heteroatoms. The average molecular weight is 444 g/mol. The molecule has 32 heavy (non-hydrogen) atoms. The van der Waals surface area contributed by atoms with Crippen LogP contribution in [0.15, 0.2) is 36.4 Å². The molecule has 0 aliphatic heterocycles. The van der Waals surface area contributed by atoms with Crippen LogP contribution in [0.1, 0.15) is 61.1 Å². The standard InChI is InChI=1S/C25H27F3N2O2/c1-14-6-7-22(31)19(8-14)23(4,5)13-24(32,25(26,27)28)16(3)20-11-18-15(2)9-17(12-29)10-21(18)30-20/h6-11,16,30-32H,13H2,1-5H3. The summed E-state index contributed by atoms with van der Waals surface area (Å²) in [5.41, 5.74) is -1.17. The average Bonchev–Trinajstić information content (AvgIpc) is 3.12. The van der Waals surface area contributed by atoms with Gasteiger partial charge in [-0.1, -0.05) is 38.5 Å². The highest BCUT2D eigenvalue weighted by atomic mass is 19.4. The minimum Gasteiger partial charge on any atom is -0.508 e. The Balaban J connectivity index is 2.09. The van der Waals surface area contributed by atoms with Gasteiger partial charge in [-0.15, -0.1) is 0 Å². The Labute approximate surface area is 185 Å². The van der Waals surface area contributed by atoms with Crippen molar-refractivity contribution < 1.29 is 23.4 Å². The maximum Gasteiger partial charge on any atom is 0.417 e. The zero-order valence-corrected chi connectivity index (χ0v) is 18.7. The van der Waals surface area contributed by atoms with Gasteiger partial charge in [0, 0.05) is 22.5 Å². The number of aromatic amines is 1. The van der Waals surface area contributed by atoms with E-state index in [-0.39, 0.29) is 11.4 Å².